The van der Waals surface area contributed by atoms with Crippen molar-refractivity contribution >= 4 is 20.1 Å². The van der Waals surface area contributed by atoms with Gasteiger partial charge in [-0.1, -0.05) is 0 Å². The molecule has 0 radical (unpaired) electrons. The first-order chi connectivity index (χ1) is 5.49. The van der Waals surface area contributed by atoms with Crippen LogP contribution in [0.2, 0.25) is 0 Å². The second-order valence-corrected chi connectivity index (χ2v) is 5.22. The normalized spacial score (nSPS) is 11.2. The Bertz CT molecular complexity index is 320. The van der Waals surface area contributed by atoms with Gasteiger partial charge >= 0.3 is 73.0 Å². The maximum atomic E-state index is 10.6. The molecule has 12 heavy (non-hydrogen) atoms. The summed E-state index contributed by atoms with van der Waals surface area (Å²) < 4.78 is 30.1. The summed E-state index contributed by atoms with van der Waals surface area (Å²) in [6.45, 7) is 1.79. The van der Waals surface area contributed by atoms with Crippen molar-refractivity contribution in [3.63, 3.8) is 0 Å². The molecule has 0 saturated heterocycles. The van der Waals surface area contributed by atoms with Crippen LogP contribution in [0.3, 0.4) is 0 Å². The fourth-order valence-electron chi connectivity index (χ4n) is 0.855. The number of nitrogens with one attached hydrogen (secondary N) is 1. The van der Waals surface area contributed by atoms with Gasteiger partial charge in [-0.15, -0.1) is 0 Å². The molecule has 1 aromatic rings. The van der Waals surface area contributed by atoms with Crippen molar-refractivity contribution < 1.29 is 11.9 Å². The molecular weight excluding hydrogens is 221 g/mol. The summed E-state index contributed by atoms with van der Waals surface area (Å²) in [7, 11) is 0. The van der Waals surface area contributed by atoms with E-state index in [2.05, 4.69) is 4.23 Å². The predicted octanol–water partition coefficient (Wildman–Crippen LogP) is 0.258. The van der Waals surface area contributed by atoms with Gasteiger partial charge in [-0.05, 0) is 0 Å². The van der Waals surface area contributed by atoms with Gasteiger partial charge in [0.2, 0.25) is 0 Å². The summed E-state index contributed by atoms with van der Waals surface area (Å²) in [5.41, 5.74) is 1.31. The Balaban J connectivity index is 2.90. The number of rotatable bonds is 2. The van der Waals surface area contributed by atoms with Crippen molar-refractivity contribution in [1.82, 2.24) is 0 Å². The molecule has 0 fully saturated rings. The molecule has 0 amide bonds. The van der Waals surface area contributed by atoms with Gasteiger partial charge in [0.1, 0.15) is 0 Å². The molecular formula is C7H10AsNO3. The van der Waals surface area contributed by atoms with Crippen molar-refractivity contribution in [2.45, 2.75) is 6.92 Å². The van der Waals surface area contributed by atoms with Crippen LogP contribution in [-0.2, 0) is 3.74 Å². The van der Waals surface area contributed by atoms with Crippen LogP contribution in [0.25, 0.3) is 0 Å². The SMILES string of the molecule is Cc1ccccc1N[As](=O)(O)O. The minimum absolute atomic E-state index is 0.491. The Labute approximate surface area is 73.5 Å². The van der Waals surface area contributed by atoms with Crippen molar-refractivity contribution in [2.24, 2.45) is 0 Å². The molecule has 0 aliphatic carbocycles. The molecule has 0 aromatic heterocycles. The molecule has 0 heterocycles. The molecule has 66 valence electrons. The first-order valence-corrected chi connectivity index (χ1v) is 6.77. The standard InChI is InChI=1S/C7H10AsNO3/c1-6-4-2-3-5-7(6)9-8(10,11)12/h2-5H,1H3,(H3,9,10,11,12). The van der Waals surface area contributed by atoms with Crippen LogP contribution in [0.5, 0.6) is 0 Å². The van der Waals surface area contributed by atoms with Gasteiger partial charge in [-0.2, -0.15) is 0 Å². The van der Waals surface area contributed by atoms with Crippen LogP contribution in [0.15, 0.2) is 24.3 Å². The summed E-state index contributed by atoms with van der Waals surface area (Å²) in [5, 5.41) is 0. The quantitative estimate of drug-likeness (QED) is 0.638. The van der Waals surface area contributed by atoms with Crippen molar-refractivity contribution in [3.05, 3.63) is 29.8 Å². The maximum absolute atomic E-state index is 10.6. The zero-order valence-corrected chi connectivity index (χ0v) is 8.44. The van der Waals surface area contributed by atoms with E-state index in [-0.39, 0.29) is 0 Å². The average Bonchev–Trinajstić information content (AvgIpc) is 1.91. The van der Waals surface area contributed by atoms with Gasteiger partial charge in [0.15, 0.2) is 0 Å². The van der Waals surface area contributed by atoms with E-state index in [4.69, 9.17) is 8.19 Å². The molecule has 1 aromatic carbocycles. The van der Waals surface area contributed by atoms with Crippen LogP contribution in [-0.4, -0.2) is 22.6 Å². The predicted molar refractivity (Wildman–Crippen MR) is 45.7 cm³/mol. The molecule has 0 spiro atoms. The molecule has 4 nitrogen and oxygen atoms in total. The topological polar surface area (TPSA) is 69.6 Å². The molecule has 0 unspecified atom stereocenters. The van der Waals surface area contributed by atoms with E-state index in [0.29, 0.717) is 5.69 Å². The van der Waals surface area contributed by atoms with Gasteiger partial charge < -0.3 is 0 Å². The summed E-state index contributed by atoms with van der Waals surface area (Å²) in [4.78, 5) is 0. The van der Waals surface area contributed by atoms with Gasteiger partial charge in [-0.25, -0.2) is 0 Å². The van der Waals surface area contributed by atoms with Crippen molar-refractivity contribution in [1.29, 1.82) is 0 Å². The second-order valence-electron chi connectivity index (χ2n) is 2.47. The zero-order chi connectivity index (χ0) is 9.19. The fraction of sp³-hybridized carbons (Fsp3) is 0.143. The third-order valence-electron chi connectivity index (χ3n) is 1.41. The van der Waals surface area contributed by atoms with E-state index in [0.717, 1.165) is 5.56 Å². The monoisotopic (exact) mass is 231 g/mol. The van der Waals surface area contributed by atoms with Crippen LogP contribution in [0.1, 0.15) is 5.56 Å². The van der Waals surface area contributed by atoms with Crippen molar-refractivity contribution in [2.75, 3.05) is 4.23 Å². The Morgan fingerprint density at radius 3 is 2.42 bits per heavy atom. The zero-order valence-electron chi connectivity index (χ0n) is 6.56. The number of anilines is 1. The van der Waals surface area contributed by atoms with E-state index in [1.165, 1.54) is 0 Å². The Morgan fingerprint density at radius 2 is 1.92 bits per heavy atom. The second kappa shape index (κ2) is 3.35. The number of benzene rings is 1. The third-order valence-corrected chi connectivity index (χ3v) is 2.53. The van der Waals surface area contributed by atoms with Gasteiger partial charge in [0.25, 0.3) is 0 Å². The number of aryl methyl sites for hydroxylation is 1. The van der Waals surface area contributed by atoms with E-state index in [9.17, 15) is 3.74 Å². The molecule has 0 aliphatic rings. The summed E-state index contributed by atoms with van der Waals surface area (Å²) in [5.74, 6) is 0. The summed E-state index contributed by atoms with van der Waals surface area (Å²) in [6.07, 6.45) is 0. The Morgan fingerprint density at radius 1 is 1.33 bits per heavy atom. The fourth-order valence-corrected chi connectivity index (χ4v) is 2.04. The van der Waals surface area contributed by atoms with Gasteiger partial charge in [-0.3, -0.25) is 0 Å². The first-order valence-electron chi connectivity index (χ1n) is 3.38. The van der Waals surface area contributed by atoms with Gasteiger partial charge in [0.05, 0.1) is 0 Å². The molecule has 0 saturated carbocycles. The van der Waals surface area contributed by atoms with Crippen molar-refractivity contribution in [3.8, 4) is 0 Å². The van der Waals surface area contributed by atoms with Gasteiger partial charge in [0, 0.05) is 0 Å². The van der Waals surface area contributed by atoms with Crippen LogP contribution in [0, 0.1) is 6.92 Å². The van der Waals surface area contributed by atoms with E-state index in [1.54, 1.807) is 25.1 Å². The Kier molecular flexibility index (Phi) is 2.62. The first kappa shape index (κ1) is 9.39. The molecule has 5 heteroatoms. The van der Waals surface area contributed by atoms with E-state index < -0.39 is 14.4 Å². The van der Waals surface area contributed by atoms with E-state index >= 15 is 0 Å². The molecule has 0 atom stereocenters. The van der Waals surface area contributed by atoms with Crippen LogP contribution in [0.4, 0.5) is 5.69 Å². The average molecular weight is 231 g/mol. The Hall–Kier alpha value is -0.702. The molecule has 0 aliphatic heterocycles. The molecule has 3 N–H and O–H groups in total. The van der Waals surface area contributed by atoms with Crippen LogP contribution < -0.4 is 4.23 Å². The number of para-hydroxylation sites is 1. The number of hydrogen-bond acceptors (Lipinski definition) is 1. The third kappa shape index (κ3) is 2.74. The molecule has 0 bridgehead atoms. The molecule has 1 rings (SSSR count). The van der Waals surface area contributed by atoms with E-state index in [1.807, 2.05) is 6.07 Å². The number of hydrogen-bond donors (Lipinski definition) is 3. The minimum atomic E-state index is -4.74. The summed E-state index contributed by atoms with van der Waals surface area (Å²) in [6, 6.07) is 6.96. The van der Waals surface area contributed by atoms with Crippen LogP contribution >= 0.6 is 0 Å². The summed E-state index contributed by atoms with van der Waals surface area (Å²) >= 11 is -4.74.